The Balaban J connectivity index is 2.33. The molecule has 0 aromatic rings. The Kier molecular flexibility index (Phi) is 31.4. The van der Waals surface area contributed by atoms with Crippen LogP contribution in [0.5, 0.6) is 0 Å². The number of nitrogens with two attached hydrogens (primary N) is 1. The van der Waals surface area contributed by atoms with E-state index in [1.807, 2.05) is 12.2 Å². The Morgan fingerprint density at radius 2 is 1.10 bits per heavy atom. The Hall–Kier alpha value is -1.70. The maximum atomic E-state index is 12.1. The molecular weight excluding hydrogens is 647 g/mol. The van der Waals surface area contributed by atoms with Crippen molar-refractivity contribution in [2.45, 2.75) is 206 Å². The third-order valence-electron chi connectivity index (χ3n) is 10.7. The highest BCUT2D eigenvalue weighted by atomic mass is 16.5. The molecule has 1 heterocycles. The number of ether oxygens (including phenoxy) is 2. The molecule has 0 aliphatic carbocycles. The van der Waals surface area contributed by atoms with E-state index >= 15 is 0 Å². The van der Waals surface area contributed by atoms with Gasteiger partial charge < -0.3 is 20.1 Å². The first-order valence-electron chi connectivity index (χ1n) is 22.1. The maximum absolute atomic E-state index is 12.1. The highest BCUT2D eigenvalue weighted by molar-refractivity contribution is 5.69. The lowest BCUT2D eigenvalue weighted by atomic mass is 9.86. The van der Waals surface area contributed by atoms with E-state index in [-0.39, 0.29) is 17.5 Å². The molecule has 1 saturated heterocycles. The van der Waals surface area contributed by atoms with Crippen LogP contribution in [0.4, 0.5) is 0 Å². The molecule has 0 bridgehead atoms. The molecule has 7 nitrogen and oxygen atoms in total. The van der Waals surface area contributed by atoms with Crippen molar-refractivity contribution in [1.29, 1.82) is 0 Å². The minimum Gasteiger partial charge on any atom is -0.461 e. The molecule has 0 saturated carbocycles. The lowest BCUT2D eigenvalue weighted by molar-refractivity contribution is -0.143. The van der Waals surface area contributed by atoms with Crippen molar-refractivity contribution in [1.82, 2.24) is 9.80 Å². The number of unbranched alkanes of at least 4 members (excludes halogenated alkanes) is 16. The van der Waals surface area contributed by atoms with Crippen molar-refractivity contribution in [2.24, 2.45) is 5.73 Å². The summed E-state index contributed by atoms with van der Waals surface area (Å²) in [6.07, 6.45) is 38.5. The van der Waals surface area contributed by atoms with Gasteiger partial charge >= 0.3 is 11.9 Å². The average Bonchev–Trinajstić information content (AvgIpc) is 3.13. The van der Waals surface area contributed by atoms with Crippen LogP contribution in [0.3, 0.4) is 0 Å². The van der Waals surface area contributed by atoms with Gasteiger partial charge in [-0.05, 0) is 91.3 Å². The molecule has 1 aliphatic heterocycles. The number of likely N-dealkylation sites (N-methyl/N-ethyl adjacent to an activating group) is 1. The molecule has 0 aromatic heterocycles. The number of esters is 2. The number of carbonyl (C=O) groups is 2. The van der Waals surface area contributed by atoms with Gasteiger partial charge in [-0.1, -0.05) is 134 Å². The molecule has 7 heteroatoms. The summed E-state index contributed by atoms with van der Waals surface area (Å²) in [4.78, 5) is 29.4. The second-order valence-electron chi connectivity index (χ2n) is 16.0. The minimum absolute atomic E-state index is 0.0745. The van der Waals surface area contributed by atoms with E-state index in [0.717, 1.165) is 103 Å². The van der Waals surface area contributed by atoms with Crippen LogP contribution in [0.1, 0.15) is 194 Å². The van der Waals surface area contributed by atoms with Crippen molar-refractivity contribution >= 4 is 11.9 Å². The van der Waals surface area contributed by atoms with E-state index in [9.17, 15) is 9.59 Å². The van der Waals surface area contributed by atoms with E-state index in [4.69, 9.17) is 15.2 Å². The Labute approximate surface area is 322 Å². The first kappa shape index (κ1) is 48.3. The summed E-state index contributed by atoms with van der Waals surface area (Å²) in [5.74, 6) is -0.149. The maximum Gasteiger partial charge on any atom is 0.306 e. The van der Waals surface area contributed by atoms with Crippen LogP contribution in [-0.4, -0.2) is 79.8 Å². The van der Waals surface area contributed by atoms with Crippen molar-refractivity contribution in [2.75, 3.05) is 46.4 Å². The average molecular weight is 732 g/mol. The minimum atomic E-state index is -0.184. The van der Waals surface area contributed by atoms with Gasteiger partial charge in [0.15, 0.2) is 0 Å². The molecule has 0 radical (unpaired) electrons. The number of nitrogens with zero attached hydrogens (tertiary/aromatic N) is 2. The van der Waals surface area contributed by atoms with Crippen LogP contribution < -0.4 is 5.73 Å². The largest absolute Gasteiger partial charge is 0.461 e. The van der Waals surface area contributed by atoms with Crippen LogP contribution in [0.25, 0.3) is 0 Å². The standard InChI is InChI=1S/C45H85N3O4/c1-5-7-9-11-13-21-30-38-51-43(49)32-24-17-15-19-26-34-45(46,41-47(4)40-42(3)48-36-28-23-29-37-48)35-27-20-16-18-25-33-44(50)52-39-31-22-14-12-10-8-6-2/h21-22,30-31,42H,5-20,23-29,32-41,46H2,1-4H3/b30-21+,31-22+. The molecule has 52 heavy (non-hydrogen) atoms. The van der Waals surface area contributed by atoms with Gasteiger partial charge in [-0.25, -0.2) is 0 Å². The number of rotatable bonds is 35. The van der Waals surface area contributed by atoms with Gasteiger partial charge in [0.1, 0.15) is 13.2 Å². The van der Waals surface area contributed by atoms with Gasteiger partial charge in [0.2, 0.25) is 0 Å². The third kappa shape index (κ3) is 28.8. The summed E-state index contributed by atoms with van der Waals surface area (Å²) in [5.41, 5.74) is 7.04. The van der Waals surface area contributed by atoms with Gasteiger partial charge in [-0.3, -0.25) is 14.5 Å². The zero-order chi connectivity index (χ0) is 38.0. The summed E-state index contributed by atoms with van der Waals surface area (Å²) in [7, 11) is 2.26. The second kappa shape index (κ2) is 33.8. The van der Waals surface area contributed by atoms with Crippen LogP contribution in [0, 0.1) is 0 Å². The summed E-state index contributed by atoms with van der Waals surface area (Å²) in [5, 5.41) is 0. The molecule has 1 rings (SSSR count). The van der Waals surface area contributed by atoms with Gasteiger partial charge in [-0.15, -0.1) is 0 Å². The molecule has 1 aliphatic rings. The van der Waals surface area contributed by atoms with Crippen molar-refractivity contribution in [3.63, 3.8) is 0 Å². The Morgan fingerprint density at radius 1 is 0.654 bits per heavy atom. The lowest BCUT2D eigenvalue weighted by Crippen LogP contribution is -2.52. The fraction of sp³-hybridized carbons (Fsp3) is 0.867. The molecule has 1 unspecified atom stereocenters. The molecular formula is C45H85N3O4. The predicted octanol–water partition coefficient (Wildman–Crippen LogP) is 11.1. The molecule has 0 amide bonds. The van der Waals surface area contributed by atoms with Crippen molar-refractivity contribution in [3.05, 3.63) is 24.3 Å². The normalized spacial score (nSPS) is 14.9. The van der Waals surface area contributed by atoms with Gasteiger partial charge in [-0.2, -0.15) is 0 Å². The number of hydrogen-bond acceptors (Lipinski definition) is 7. The molecule has 0 aromatic carbocycles. The fourth-order valence-corrected chi connectivity index (χ4v) is 7.54. The Morgan fingerprint density at radius 3 is 1.58 bits per heavy atom. The molecule has 2 N–H and O–H groups in total. The summed E-state index contributed by atoms with van der Waals surface area (Å²) >= 11 is 0. The zero-order valence-corrected chi connectivity index (χ0v) is 34.8. The SMILES string of the molecule is CCCCCC/C=C/COC(=O)CCCCCCCC(N)(CCCCCCCC(=O)OC/C=C/CCCCCC)CN(C)CC(C)N1CCCCC1. The third-order valence-corrected chi connectivity index (χ3v) is 10.7. The number of piperidine rings is 1. The predicted molar refractivity (Wildman–Crippen MR) is 222 cm³/mol. The number of hydrogen-bond donors (Lipinski definition) is 1. The fourth-order valence-electron chi connectivity index (χ4n) is 7.54. The second-order valence-corrected chi connectivity index (χ2v) is 16.0. The molecule has 1 fully saturated rings. The van der Waals surface area contributed by atoms with E-state index in [1.165, 1.54) is 83.7 Å². The van der Waals surface area contributed by atoms with Crippen molar-refractivity contribution < 1.29 is 19.1 Å². The number of likely N-dealkylation sites (tertiary alicyclic amines) is 1. The topological polar surface area (TPSA) is 85.1 Å². The van der Waals surface area contributed by atoms with E-state index in [0.29, 0.717) is 32.1 Å². The van der Waals surface area contributed by atoms with Gasteiger partial charge in [0, 0.05) is 37.5 Å². The number of carbonyl (C=O) groups excluding carboxylic acids is 2. The van der Waals surface area contributed by atoms with Crippen LogP contribution >= 0.6 is 0 Å². The van der Waals surface area contributed by atoms with Crippen LogP contribution in [0.2, 0.25) is 0 Å². The monoisotopic (exact) mass is 732 g/mol. The highest BCUT2D eigenvalue weighted by Gasteiger charge is 2.27. The van der Waals surface area contributed by atoms with Crippen molar-refractivity contribution in [3.8, 4) is 0 Å². The summed E-state index contributed by atoms with van der Waals surface area (Å²) in [6, 6.07) is 0.561. The smallest absolute Gasteiger partial charge is 0.306 e. The van der Waals surface area contributed by atoms with E-state index < -0.39 is 0 Å². The molecule has 0 spiro atoms. The zero-order valence-electron chi connectivity index (χ0n) is 34.8. The van der Waals surface area contributed by atoms with Crippen LogP contribution in [0.15, 0.2) is 24.3 Å². The summed E-state index contributed by atoms with van der Waals surface area (Å²) < 4.78 is 10.8. The van der Waals surface area contributed by atoms with E-state index in [2.05, 4.69) is 49.8 Å². The first-order chi connectivity index (χ1) is 25.3. The molecule has 304 valence electrons. The van der Waals surface area contributed by atoms with Gasteiger partial charge in [0.25, 0.3) is 0 Å². The Bertz CT molecular complexity index is 849. The highest BCUT2D eigenvalue weighted by Crippen LogP contribution is 2.23. The first-order valence-corrected chi connectivity index (χ1v) is 22.1. The molecule has 1 atom stereocenters. The lowest BCUT2D eigenvalue weighted by Gasteiger charge is -2.38. The summed E-state index contributed by atoms with van der Waals surface area (Å²) in [6.45, 7) is 12.1. The number of allylic oxidation sites excluding steroid dienone is 2. The quantitative estimate of drug-likeness (QED) is 0.0394. The van der Waals surface area contributed by atoms with E-state index in [1.54, 1.807) is 0 Å². The van der Waals surface area contributed by atoms with Crippen LogP contribution in [-0.2, 0) is 19.1 Å². The van der Waals surface area contributed by atoms with Gasteiger partial charge in [0.05, 0.1) is 0 Å².